The first-order valence-electron chi connectivity index (χ1n) is 10.5. The van der Waals surface area contributed by atoms with Crippen molar-refractivity contribution in [1.82, 2.24) is 4.98 Å². The number of terminal acetylenes is 1. The molecule has 3 rings (SSSR count). The molecule has 0 aliphatic heterocycles. The van der Waals surface area contributed by atoms with Crippen LogP contribution in [-0.2, 0) is 11.2 Å². The Morgan fingerprint density at radius 1 is 1.16 bits per heavy atom. The molecule has 2 aromatic carbocycles. The summed E-state index contributed by atoms with van der Waals surface area (Å²) >= 11 is 0. The van der Waals surface area contributed by atoms with Gasteiger partial charge in [-0.3, -0.25) is 0 Å². The third-order valence-corrected chi connectivity index (χ3v) is 5.15. The van der Waals surface area contributed by atoms with Gasteiger partial charge in [-0.2, -0.15) is 0 Å². The van der Waals surface area contributed by atoms with Gasteiger partial charge in [-0.25, -0.2) is 9.78 Å². The molecule has 1 atom stereocenters. The van der Waals surface area contributed by atoms with Gasteiger partial charge < -0.3 is 19.0 Å². The largest absolute Gasteiger partial charge is 0.493 e. The summed E-state index contributed by atoms with van der Waals surface area (Å²) < 4.78 is 17.3. The maximum atomic E-state index is 11.5. The topological polar surface area (TPSA) is 81.8 Å². The number of carboxylic acid groups (broad SMARTS) is 1. The van der Waals surface area contributed by atoms with Gasteiger partial charge in [-0.05, 0) is 68.8 Å². The normalized spacial score (nSPS) is 12.6. The van der Waals surface area contributed by atoms with Crippen molar-refractivity contribution in [2.45, 2.75) is 45.6 Å². The molecule has 0 radical (unpaired) electrons. The van der Waals surface area contributed by atoms with Crippen molar-refractivity contribution in [2.24, 2.45) is 0 Å². The first-order chi connectivity index (χ1) is 15.3. The minimum atomic E-state index is -1.25. The number of carbonyl (C=O) groups is 1. The first kappa shape index (κ1) is 23.0. The Labute approximate surface area is 188 Å². The van der Waals surface area contributed by atoms with Gasteiger partial charge in [0.25, 0.3) is 0 Å². The summed E-state index contributed by atoms with van der Waals surface area (Å²) in [6.45, 7) is 5.81. The predicted octanol–water partition coefficient (Wildman–Crippen LogP) is 5.28. The van der Waals surface area contributed by atoms with Crippen molar-refractivity contribution in [3.8, 4) is 35.3 Å². The zero-order chi connectivity index (χ0) is 23.1. The molecule has 1 N–H and O–H groups in total. The second kappa shape index (κ2) is 10.1. The molecule has 0 aliphatic carbocycles. The number of aliphatic carboxylic acids is 1. The lowest BCUT2D eigenvalue weighted by atomic mass is 10.0. The van der Waals surface area contributed by atoms with Gasteiger partial charge in [-0.15, -0.1) is 6.42 Å². The van der Waals surface area contributed by atoms with Crippen LogP contribution in [0.1, 0.15) is 43.7 Å². The van der Waals surface area contributed by atoms with Crippen molar-refractivity contribution in [3.63, 3.8) is 0 Å². The summed E-state index contributed by atoms with van der Waals surface area (Å²) in [5.41, 5.74) is 1.25. The zero-order valence-electron chi connectivity index (χ0n) is 18.6. The van der Waals surface area contributed by atoms with E-state index >= 15 is 0 Å². The van der Waals surface area contributed by atoms with E-state index in [4.69, 9.17) is 20.3 Å². The maximum Gasteiger partial charge on any atom is 0.347 e. The molecule has 6 nitrogen and oxygen atoms in total. The van der Waals surface area contributed by atoms with Crippen LogP contribution in [0.5, 0.6) is 11.5 Å². The minimum Gasteiger partial charge on any atom is -0.493 e. The van der Waals surface area contributed by atoms with E-state index in [9.17, 15) is 9.90 Å². The summed E-state index contributed by atoms with van der Waals surface area (Å²) in [6, 6.07) is 14.4. The Kier molecular flexibility index (Phi) is 7.21. The number of hydrogen-bond acceptors (Lipinski definition) is 5. The predicted molar refractivity (Wildman–Crippen MR) is 122 cm³/mol. The molecule has 0 saturated heterocycles. The van der Waals surface area contributed by atoms with Crippen molar-refractivity contribution in [2.75, 3.05) is 6.61 Å². The van der Waals surface area contributed by atoms with E-state index in [1.807, 2.05) is 38.1 Å². The van der Waals surface area contributed by atoms with Crippen LogP contribution in [0.15, 0.2) is 52.9 Å². The molecule has 3 aromatic rings. The third-order valence-electron chi connectivity index (χ3n) is 5.15. The van der Waals surface area contributed by atoms with Gasteiger partial charge in [0.15, 0.2) is 0 Å². The molecule has 0 saturated carbocycles. The van der Waals surface area contributed by atoms with E-state index in [0.717, 1.165) is 22.6 Å². The van der Waals surface area contributed by atoms with E-state index < -0.39 is 11.6 Å². The average Bonchev–Trinajstić information content (AvgIpc) is 3.15. The van der Waals surface area contributed by atoms with Crippen molar-refractivity contribution in [3.05, 3.63) is 65.5 Å². The highest BCUT2D eigenvalue weighted by Gasteiger charge is 2.34. The van der Waals surface area contributed by atoms with Crippen LogP contribution in [0.2, 0.25) is 0 Å². The van der Waals surface area contributed by atoms with E-state index in [1.165, 1.54) is 0 Å². The minimum absolute atomic E-state index is 0.422. The second-order valence-electron chi connectivity index (χ2n) is 7.70. The number of hydrogen-bond donors (Lipinski definition) is 1. The fraction of sp³-hybridized carbons (Fsp3) is 0.308. The number of ether oxygens (including phenoxy) is 2. The van der Waals surface area contributed by atoms with E-state index in [2.05, 4.69) is 10.9 Å². The van der Waals surface area contributed by atoms with Crippen LogP contribution >= 0.6 is 0 Å². The summed E-state index contributed by atoms with van der Waals surface area (Å²) in [5.74, 6) is 4.06. The number of aryl methyl sites for hydroxylation is 1. The molecular weight excluding hydrogens is 406 g/mol. The Hall–Kier alpha value is -3.72. The lowest BCUT2D eigenvalue weighted by Crippen LogP contribution is -2.41. The van der Waals surface area contributed by atoms with Gasteiger partial charge in [0.2, 0.25) is 11.5 Å². The fourth-order valence-corrected chi connectivity index (χ4v) is 3.30. The highest BCUT2D eigenvalue weighted by molar-refractivity contribution is 5.77. The molecular formula is C26H27NO5. The smallest absolute Gasteiger partial charge is 0.347 e. The molecule has 0 bridgehead atoms. The zero-order valence-corrected chi connectivity index (χ0v) is 18.6. The van der Waals surface area contributed by atoms with Gasteiger partial charge in [0.1, 0.15) is 17.3 Å². The molecule has 1 heterocycles. The van der Waals surface area contributed by atoms with Gasteiger partial charge in [-0.1, -0.05) is 19.3 Å². The quantitative estimate of drug-likeness (QED) is 0.438. The molecule has 6 heteroatoms. The third kappa shape index (κ3) is 5.50. The lowest BCUT2D eigenvalue weighted by Gasteiger charge is -2.26. The number of nitrogens with zero attached hydrogens (tertiary/aromatic N) is 1. The number of oxazole rings is 1. The standard InChI is InChI=1S/C26H27NO5/c1-5-16-26(4,25(28)29)32-22-13-11-21(12-14-22)30-17-15-23-18(3)31-24(27-23)20-9-7-19(6-2)8-10-20/h2,7-14H,5,15-17H2,1,3-4H3,(H,28,29). The first-order valence-corrected chi connectivity index (χ1v) is 10.5. The Morgan fingerprint density at radius 3 is 2.41 bits per heavy atom. The van der Waals surface area contributed by atoms with Crippen LogP contribution in [0.3, 0.4) is 0 Å². The molecule has 0 spiro atoms. The Bertz CT molecular complexity index is 1090. The molecule has 0 amide bonds. The monoisotopic (exact) mass is 433 g/mol. The van der Waals surface area contributed by atoms with Crippen LogP contribution in [0, 0.1) is 19.3 Å². The van der Waals surface area contributed by atoms with E-state index in [0.29, 0.717) is 43.3 Å². The summed E-state index contributed by atoms with van der Waals surface area (Å²) in [6.07, 6.45) is 7.12. The Morgan fingerprint density at radius 2 is 1.81 bits per heavy atom. The van der Waals surface area contributed by atoms with Crippen LogP contribution < -0.4 is 9.47 Å². The summed E-state index contributed by atoms with van der Waals surface area (Å²) in [7, 11) is 0. The van der Waals surface area contributed by atoms with E-state index in [-0.39, 0.29) is 0 Å². The molecule has 166 valence electrons. The van der Waals surface area contributed by atoms with Crippen LogP contribution in [-0.4, -0.2) is 28.3 Å². The SMILES string of the molecule is C#Cc1ccc(-c2nc(CCOc3ccc(OC(C)(CCC)C(=O)O)cc3)c(C)o2)cc1. The number of aromatic nitrogens is 1. The van der Waals surface area contributed by atoms with Crippen molar-refractivity contribution in [1.29, 1.82) is 0 Å². The Balaban J connectivity index is 1.57. The highest BCUT2D eigenvalue weighted by atomic mass is 16.5. The summed E-state index contributed by atoms with van der Waals surface area (Å²) in [5, 5.41) is 9.45. The average molecular weight is 434 g/mol. The van der Waals surface area contributed by atoms with Crippen molar-refractivity contribution < 1.29 is 23.8 Å². The highest BCUT2D eigenvalue weighted by Crippen LogP contribution is 2.26. The van der Waals surface area contributed by atoms with Crippen molar-refractivity contribution >= 4 is 5.97 Å². The van der Waals surface area contributed by atoms with Gasteiger partial charge in [0, 0.05) is 17.5 Å². The molecule has 1 aromatic heterocycles. The molecule has 0 aliphatic rings. The molecule has 0 fully saturated rings. The fourth-order valence-electron chi connectivity index (χ4n) is 3.30. The van der Waals surface area contributed by atoms with Gasteiger partial charge >= 0.3 is 5.97 Å². The van der Waals surface area contributed by atoms with E-state index in [1.54, 1.807) is 31.2 Å². The number of rotatable bonds is 10. The molecule has 32 heavy (non-hydrogen) atoms. The number of carboxylic acids is 1. The summed E-state index contributed by atoms with van der Waals surface area (Å²) in [4.78, 5) is 16.1. The van der Waals surface area contributed by atoms with Crippen LogP contribution in [0.4, 0.5) is 0 Å². The molecule has 1 unspecified atom stereocenters. The van der Waals surface area contributed by atoms with Gasteiger partial charge in [0.05, 0.1) is 12.3 Å². The second-order valence-corrected chi connectivity index (χ2v) is 7.70. The number of benzene rings is 2. The lowest BCUT2D eigenvalue weighted by molar-refractivity contribution is -0.154. The van der Waals surface area contributed by atoms with Crippen LogP contribution in [0.25, 0.3) is 11.5 Å². The maximum absolute atomic E-state index is 11.5.